The molecule has 5 nitrogen and oxygen atoms in total. The van der Waals surface area contributed by atoms with Gasteiger partial charge in [0, 0.05) is 51.6 Å². The zero-order chi connectivity index (χ0) is 22.8. The second-order valence-corrected chi connectivity index (χ2v) is 10.8. The molecule has 9 heteroatoms. The maximum atomic E-state index is 12.5. The summed E-state index contributed by atoms with van der Waals surface area (Å²) in [4.78, 5) is 29.9. The van der Waals surface area contributed by atoms with E-state index in [0.29, 0.717) is 25.4 Å². The van der Waals surface area contributed by atoms with Crippen LogP contribution in [0.1, 0.15) is 60.4 Å². The van der Waals surface area contributed by atoms with Gasteiger partial charge in [0.2, 0.25) is 5.91 Å². The van der Waals surface area contributed by atoms with E-state index in [0.717, 1.165) is 45.3 Å². The Bertz CT molecular complexity index is 1040. The molecule has 33 heavy (non-hydrogen) atoms. The van der Waals surface area contributed by atoms with Crippen LogP contribution in [0.4, 0.5) is 0 Å². The van der Waals surface area contributed by atoms with Crippen molar-refractivity contribution in [3.63, 3.8) is 0 Å². The smallest absolute Gasteiger partial charge is 0.550 e. The first-order valence-electron chi connectivity index (χ1n) is 10.9. The number of hydrogen-bond acceptors (Lipinski definition) is 4. The quantitative estimate of drug-likeness (QED) is 0.486. The second-order valence-electron chi connectivity index (χ2n) is 8.58. The Labute approximate surface area is 238 Å². The number of carboxylic acid groups (broad SMARTS) is 1. The minimum absolute atomic E-state index is 0. The molecule has 2 aromatic rings. The summed E-state index contributed by atoms with van der Waals surface area (Å²) < 4.78 is 2.00. The number of amides is 1. The van der Waals surface area contributed by atoms with E-state index in [1.807, 2.05) is 17.2 Å². The van der Waals surface area contributed by atoms with Gasteiger partial charge in [-0.05, 0) is 95.3 Å². The number of carbonyl (C=O) groups excluding carboxylic acids is 2. The van der Waals surface area contributed by atoms with Gasteiger partial charge in [-0.1, -0.05) is 27.5 Å². The zero-order valence-corrected chi connectivity index (χ0v) is 24.5. The Morgan fingerprint density at radius 2 is 1.79 bits per heavy atom. The zero-order valence-electron chi connectivity index (χ0n) is 18.6. The van der Waals surface area contributed by atoms with Crippen LogP contribution in [-0.2, 0) is 22.4 Å². The van der Waals surface area contributed by atoms with E-state index < -0.39 is 5.97 Å². The van der Waals surface area contributed by atoms with Crippen LogP contribution in [-0.4, -0.2) is 34.8 Å². The molecule has 0 bridgehead atoms. The molecule has 1 aromatic carbocycles. The van der Waals surface area contributed by atoms with Crippen molar-refractivity contribution >= 4 is 55.3 Å². The van der Waals surface area contributed by atoms with Gasteiger partial charge in [0.25, 0.3) is 0 Å². The third kappa shape index (κ3) is 6.42. The van der Waals surface area contributed by atoms with Crippen LogP contribution in [0.5, 0.6) is 0 Å². The Kier molecular flexibility index (Phi) is 9.87. The molecule has 1 aromatic heterocycles. The van der Waals surface area contributed by atoms with Crippen LogP contribution in [0.3, 0.4) is 0 Å². The molecule has 1 unspecified atom stereocenters. The average Bonchev–Trinajstić information content (AvgIpc) is 2.90. The first-order valence-corrected chi connectivity index (χ1v) is 12.9. The van der Waals surface area contributed by atoms with Gasteiger partial charge in [-0.3, -0.25) is 9.78 Å². The van der Waals surface area contributed by atoms with Crippen molar-refractivity contribution in [1.29, 1.82) is 0 Å². The van der Waals surface area contributed by atoms with Gasteiger partial charge in [-0.2, -0.15) is 0 Å². The molecule has 2 heterocycles. The van der Waals surface area contributed by atoms with E-state index in [2.05, 4.69) is 44.0 Å². The number of likely N-dealkylation sites (tertiary alicyclic amines) is 1. The van der Waals surface area contributed by atoms with E-state index in [4.69, 9.17) is 16.6 Å². The number of hydrogen-bond donors (Lipinski definition) is 0. The maximum Gasteiger partial charge on any atom is 1.00 e. The number of carbonyl (C=O) groups is 2. The molecule has 0 N–H and O–H groups in total. The third-order valence-electron chi connectivity index (χ3n) is 6.55. The van der Waals surface area contributed by atoms with Crippen molar-refractivity contribution in [3.8, 4) is 0 Å². The predicted molar refractivity (Wildman–Crippen MR) is 129 cm³/mol. The molecule has 1 atom stereocenters. The van der Waals surface area contributed by atoms with Crippen molar-refractivity contribution in [3.05, 3.63) is 60.7 Å². The number of halogens is 3. The van der Waals surface area contributed by atoms with Crippen LogP contribution in [0.15, 0.2) is 33.3 Å². The molecular formula is C24H24Br2ClN2NaO3. The fourth-order valence-electron chi connectivity index (χ4n) is 5.05. The van der Waals surface area contributed by atoms with Gasteiger partial charge in [0.1, 0.15) is 0 Å². The summed E-state index contributed by atoms with van der Waals surface area (Å²) in [6.45, 7) is 1.36. The second kappa shape index (κ2) is 12.0. The largest absolute Gasteiger partial charge is 1.00 e. The van der Waals surface area contributed by atoms with Crippen LogP contribution in [0.25, 0.3) is 0 Å². The normalized spacial score (nSPS) is 18.0. The van der Waals surface area contributed by atoms with Crippen LogP contribution < -0.4 is 34.7 Å². The van der Waals surface area contributed by atoms with E-state index in [1.165, 1.54) is 16.7 Å². The fourth-order valence-corrected chi connectivity index (χ4v) is 6.55. The van der Waals surface area contributed by atoms with Crippen molar-refractivity contribution in [2.45, 2.75) is 50.9 Å². The number of aliphatic carboxylic acids is 1. The van der Waals surface area contributed by atoms with E-state index in [9.17, 15) is 14.7 Å². The van der Waals surface area contributed by atoms with Crippen LogP contribution in [0.2, 0.25) is 5.02 Å². The summed E-state index contributed by atoms with van der Waals surface area (Å²) >= 11 is 13.7. The standard InChI is InChI=1S/C24H25Br2ClN2O3.Na/c25-17-10-16-5-4-15-11-18(27)12-19(26)22(15)23(24(16)28-13-17)14-6-8-29(9-7-14)20(30)2-1-3-21(31)32;/h10-14,23H,1-9H2,(H,31,32);/q;+1/p-1. The third-order valence-corrected chi connectivity index (χ3v) is 7.86. The molecule has 4 rings (SSSR count). The number of aryl methyl sites for hydroxylation is 2. The number of piperidine rings is 1. The summed E-state index contributed by atoms with van der Waals surface area (Å²) in [5.74, 6) is -0.588. The first-order chi connectivity index (χ1) is 15.3. The monoisotopic (exact) mass is 604 g/mol. The minimum atomic E-state index is -1.10. The number of aromatic nitrogens is 1. The van der Waals surface area contributed by atoms with Crippen molar-refractivity contribution < 1.29 is 44.3 Å². The molecule has 0 spiro atoms. The molecule has 170 valence electrons. The fraction of sp³-hybridized carbons (Fsp3) is 0.458. The summed E-state index contributed by atoms with van der Waals surface area (Å²) in [5, 5.41) is 11.3. The average molecular weight is 607 g/mol. The first kappa shape index (κ1) is 27.2. The van der Waals surface area contributed by atoms with E-state index in [1.54, 1.807) is 0 Å². The Morgan fingerprint density at radius 1 is 1.09 bits per heavy atom. The number of fused-ring (bicyclic) bond motifs is 2. The topological polar surface area (TPSA) is 73.3 Å². The SMILES string of the molecule is O=C([O-])CCCC(=O)N1CCC(C2c3ncc(Br)cc3CCc3cc(Cl)cc(Br)c32)CC1.[Na+]. The minimum Gasteiger partial charge on any atom is -0.550 e. The predicted octanol–water partition coefficient (Wildman–Crippen LogP) is 1.65. The van der Waals surface area contributed by atoms with Crippen molar-refractivity contribution in [2.75, 3.05) is 13.1 Å². The molecule has 1 amide bonds. The molecule has 1 fully saturated rings. The van der Waals surface area contributed by atoms with Crippen LogP contribution >= 0.6 is 43.5 Å². The summed E-state index contributed by atoms with van der Waals surface area (Å²) in [5.41, 5.74) is 4.89. The molecule has 2 aliphatic rings. The Morgan fingerprint density at radius 3 is 2.48 bits per heavy atom. The van der Waals surface area contributed by atoms with Gasteiger partial charge < -0.3 is 14.8 Å². The van der Waals surface area contributed by atoms with Gasteiger partial charge in [0.05, 0.1) is 5.69 Å². The van der Waals surface area contributed by atoms with Crippen LogP contribution in [0, 0.1) is 5.92 Å². The Hall–Kier alpha value is -0.440. The summed E-state index contributed by atoms with van der Waals surface area (Å²) in [6.07, 6.45) is 5.96. The molecule has 1 saturated heterocycles. The van der Waals surface area contributed by atoms with E-state index in [-0.39, 0.29) is 54.2 Å². The molecular weight excluding hydrogens is 583 g/mol. The number of carboxylic acids is 1. The summed E-state index contributed by atoms with van der Waals surface area (Å²) in [6, 6.07) is 6.21. The number of pyridine rings is 1. The van der Waals surface area contributed by atoms with Crippen molar-refractivity contribution in [2.24, 2.45) is 5.92 Å². The maximum absolute atomic E-state index is 12.5. The van der Waals surface area contributed by atoms with Gasteiger partial charge in [-0.15, -0.1) is 0 Å². The molecule has 0 radical (unpaired) electrons. The molecule has 1 aliphatic heterocycles. The number of benzene rings is 1. The van der Waals surface area contributed by atoms with Gasteiger partial charge in [0.15, 0.2) is 0 Å². The number of nitrogens with zero attached hydrogens (tertiary/aromatic N) is 2. The Balaban J connectivity index is 0.00000306. The molecule has 0 saturated carbocycles. The van der Waals surface area contributed by atoms with Gasteiger partial charge in [-0.25, -0.2) is 0 Å². The van der Waals surface area contributed by atoms with E-state index >= 15 is 0 Å². The van der Waals surface area contributed by atoms with Crippen molar-refractivity contribution in [1.82, 2.24) is 9.88 Å². The number of rotatable bonds is 5. The van der Waals surface area contributed by atoms with Gasteiger partial charge >= 0.3 is 29.6 Å². The summed E-state index contributed by atoms with van der Waals surface area (Å²) in [7, 11) is 0. The molecule has 1 aliphatic carbocycles.